The van der Waals surface area contributed by atoms with Gasteiger partial charge in [-0.1, -0.05) is 29.5 Å². The highest BCUT2D eigenvalue weighted by molar-refractivity contribution is 7.15. The Kier molecular flexibility index (Phi) is 4.94. The van der Waals surface area contributed by atoms with Gasteiger partial charge in [0.05, 0.1) is 24.4 Å². The molecule has 9 nitrogen and oxygen atoms in total. The average molecular weight is 462 g/mol. The number of carbonyl (C=O) groups excluding carboxylic acids is 2. The molecule has 0 saturated carbocycles. The highest BCUT2D eigenvalue weighted by Crippen LogP contribution is 2.43. The molecule has 0 radical (unpaired) electrons. The molecule has 166 valence electrons. The van der Waals surface area contributed by atoms with Gasteiger partial charge in [0.2, 0.25) is 5.13 Å². The van der Waals surface area contributed by atoms with Crippen molar-refractivity contribution in [1.82, 2.24) is 19.6 Å². The lowest BCUT2D eigenvalue weighted by molar-refractivity contribution is -0.132. The molecule has 1 N–H and O–H groups in total. The van der Waals surface area contributed by atoms with E-state index in [2.05, 4.69) is 15.2 Å². The van der Waals surface area contributed by atoms with Gasteiger partial charge in [-0.05, 0) is 43.7 Å². The van der Waals surface area contributed by atoms with E-state index in [0.29, 0.717) is 33.4 Å². The fraction of sp³-hybridized carbons (Fsp3) is 0.174. The van der Waals surface area contributed by atoms with Gasteiger partial charge in [-0.3, -0.25) is 18.9 Å². The van der Waals surface area contributed by atoms with Gasteiger partial charge < -0.3 is 9.84 Å². The number of methoxy groups -OCH3 is 1. The molecule has 1 fully saturated rings. The van der Waals surface area contributed by atoms with Crippen LogP contribution in [-0.2, 0) is 9.59 Å². The van der Waals surface area contributed by atoms with Crippen LogP contribution in [0.25, 0.3) is 11.4 Å². The lowest BCUT2D eigenvalue weighted by Crippen LogP contribution is -2.29. The molecule has 4 aromatic rings. The lowest BCUT2D eigenvalue weighted by Gasteiger charge is -2.22. The van der Waals surface area contributed by atoms with Gasteiger partial charge in [-0.25, -0.2) is 4.98 Å². The minimum atomic E-state index is -0.916. The standard InChI is InChI=1S/C23H19N5O4S/c1-12-18(27-10-5-4-9-16(27)24-12)20(29)17-19(14-7-6-8-15(11-14)32-3)28(22(31)21(17)30)23-26-25-13(2)33-23/h4-11,19,29H,1-3H3. The molecule has 10 heteroatoms. The van der Waals surface area contributed by atoms with Crippen LogP contribution in [0.3, 0.4) is 0 Å². The summed E-state index contributed by atoms with van der Waals surface area (Å²) < 4.78 is 7.04. The number of pyridine rings is 1. The number of rotatable bonds is 4. The summed E-state index contributed by atoms with van der Waals surface area (Å²) in [5, 5.41) is 20.5. The normalized spacial score (nSPS) is 17.8. The minimum Gasteiger partial charge on any atom is -0.505 e. The number of aryl methyl sites for hydroxylation is 2. The molecule has 0 aliphatic carbocycles. The second kappa shape index (κ2) is 7.82. The topological polar surface area (TPSA) is 110 Å². The summed E-state index contributed by atoms with van der Waals surface area (Å²) in [6.07, 6.45) is 1.75. The first-order valence-corrected chi connectivity index (χ1v) is 10.9. The van der Waals surface area contributed by atoms with E-state index >= 15 is 0 Å². The number of anilines is 1. The Morgan fingerprint density at radius 1 is 1.12 bits per heavy atom. The maximum Gasteiger partial charge on any atom is 0.301 e. The summed E-state index contributed by atoms with van der Waals surface area (Å²) in [7, 11) is 1.53. The molecule has 0 bridgehead atoms. The SMILES string of the molecule is COc1cccc(C2C(=C(O)c3c(C)nc4ccccn34)C(=O)C(=O)N2c2nnc(C)s2)c1. The van der Waals surface area contributed by atoms with Gasteiger partial charge in [-0.15, -0.1) is 10.2 Å². The van der Waals surface area contributed by atoms with Crippen LogP contribution in [0.1, 0.15) is 28.0 Å². The van der Waals surface area contributed by atoms with Gasteiger partial charge in [-0.2, -0.15) is 0 Å². The number of hydrogen-bond acceptors (Lipinski definition) is 8. The smallest absolute Gasteiger partial charge is 0.301 e. The van der Waals surface area contributed by atoms with Crippen LogP contribution in [-0.4, -0.2) is 43.5 Å². The zero-order valence-electron chi connectivity index (χ0n) is 18.0. The van der Waals surface area contributed by atoms with E-state index in [0.717, 1.165) is 0 Å². The van der Waals surface area contributed by atoms with Crippen LogP contribution in [0.15, 0.2) is 54.2 Å². The van der Waals surface area contributed by atoms with E-state index in [1.165, 1.54) is 23.3 Å². The number of ether oxygens (including phenoxy) is 1. The predicted octanol–water partition coefficient (Wildman–Crippen LogP) is 3.44. The van der Waals surface area contributed by atoms with Gasteiger partial charge in [0, 0.05) is 6.20 Å². The number of Topliss-reactive ketones (excluding diaryl/α,β-unsaturated/α-hetero) is 1. The van der Waals surface area contributed by atoms with Gasteiger partial charge in [0.15, 0.2) is 5.76 Å². The number of ketones is 1. The van der Waals surface area contributed by atoms with Crippen LogP contribution in [0, 0.1) is 13.8 Å². The molecule has 1 amide bonds. The molecule has 1 aromatic carbocycles. The largest absolute Gasteiger partial charge is 0.505 e. The van der Waals surface area contributed by atoms with Crippen molar-refractivity contribution in [2.45, 2.75) is 19.9 Å². The average Bonchev–Trinajstić information content (AvgIpc) is 3.46. The summed E-state index contributed by atoms with van der Waals surface area (Å²) in [6, 6.07) is 11.5. The van der Waals surface area contributed by atoms with E-state index in [-0.39, 0.29) is 16.5 Å². The number of imidazole rings is 1. The molecule has 3 aromatic heterocycles. The third-order valence-electron chi connectivity index (χ3n) is 5.50. The van der Waals surface area contributed by atoms with Crippen molar-refractivity contribution in [3.63, 3.8) is 0 Å². The third-order valence-corrected chi connectivity index (χ3v) is 6.34. The maximum atomic E-state index is 13.3. The Labute approximate surface area is 192 Å². The van der Waals surface area contributed by atoms with Crippen molar-refractivity contribution < 1.29 is 19.4 Å². The number of benzene rings is 1. The number of nitrogens with zero attached hydrogens (tertiary/aromatic N) is 5. The summed E-state index contributed by atoms with van der Waals surface area (Å²) in [6.45, 7) is 3.51. The Bertz CT molecular complexity index is 1450. The van der Waals surface area contributed by atoms with E-state index in [1.54, 1.807) is 60.8 Å². The Morgan fingerprint density at radius 2 is 1.94 bits per heavy atom. The zero-order chi connectivity index (χ0) is 23.3. The molecule has 1 atom stereocenters. The summed E-state index contributed by atoms with van der Waals surface area (Å²) in [5.74, 6) is -1.34. The van der Waals surface area contributed by atoms with Gasteiger partial charge >= 0.3 is 5.91 Å². The minimum absolute atomic E-state index is 0.0464. The van der Waals surface area contributed by atoms with Gasteiger partial charge in [0.25, 0.3) is 5.78 Å². The van der Waals surface area contributed by atoms with Crippen molar-refractivity contribution in [2.24, 2.45) is 0 Å². The number of aromatic nitrogens is 4. The van der Waals surface area contributed by atoms with Crippen molar-refractivity contribution >= 4 is 39.6 Å². The Balaban J connectivity index is 1.79. The summed E-state index contributed by atoms with van der Waals surface area (Å²) >= 11 is 1.19. The van der Waals surface area contributed by atoms with E-state index < -0.39 is 17.7 Å². The van der Waals surface area contributed by atoms with Crippen LogP contribution >= 0.6 is 11.3 Å². The van der Waals surface area contributed by atoms with Crippen LogP contribution in [0.4, 0.5) is 5.13 Å². The number of fused-ring (bicyclic) bond motifs is 1. The number of aliphatic hydroxyl groups is 1. The van der Waals surface area contributed by atoms with Gasteiger partial charge in [0.1, 0.15) is 22.1 Å². The summed E-state index contributed by atoms with van der Waals surface area (Å²) in [4.78, 5) is 32.3. The van der Waals surface area contributed by atoms with E-state index in [9.17, 15) is 14.7 Å². The molecular weight excluding hydrogens is 442 g/mol. The fourth-order valence-corrected chi connectivity index (χ4v) is 4.78. The van der Waals surface area contributed by atoms with Crippen molar-refractivity contribution in [3.05, 3.63) is 76.2 Å². The highest BCUT2D eigenvalue weighted by Gasteiger charge is 2.48. The fourth-order valence-electron chi connectivity index (χ4n) is 4.07. The molecular formula is C23H19N5O4S. The highest BCUT2D eigenvalue weighted by atomic mass is 32.1. The maximum absolute atomic E-state index is 13.3. The van der Waals surface area contributed by atoms with Crippen molar-refractivity contribution in [2.75, 3.05) is 12.0 Å². The monoisotopic (exact) mass is 461 g/mol. The van der Waals surface area contributed by atoms with Crippen LogP contribution < -0.4 is 9.64 Å². The molecule has 5 rings (SSSR count). The molecule has 1 aliphatic heterocycles. The van der Waals surface area contributed by atoms with E-state index in [4.69, 9.17) is 4.74 Å². The number of hydrogen-bond donors (Lipinski definition) is 1. The molecule has 4 heterocycles. The predicted molar refractivity (Wildman–Crippen MR) is 122 cm³/mol. The zero-order valence-corrected chi connectivity index (χ0v) is 18.8. The van der Waals surface area contributed by atoms with Crippen molar-refractivity contribution in [3.8, 4) is 5.75 Å². The van der Waals surface area contributed by atoms with Crippen LogP contribution in [0.5, 0.6) is 5.75 Å². The third kappa shape index (κ3) is 3.26. The first-order valence-electron chi connectivity index (χ1n) is 10.1. The first-order chi connectivity index (χ1) is 15.9. The summed E-state index contributed by atoms with van der Waals surface area (Å²) in [5.41, 5.74) is 2.04. The molecule has 1 saturated heterocycles. The van der Waals surface area contributed by atoms with E-state index in [1.807, 2.05) is 6.07 Å². The second-order valence-corrected chi connectivity index (χ2v) is 8.68. The number of carbonyl (C=O) groups is 2. The first kappa shape index (κ1) is 20.8. The lowest BCUT2D eigenvalue weighted by atomic mass is 9.96. The second-order valence-electron chi connectivity index (χ2n) is 7.52. The number of aliphatic hydroxyl groups excluding tert-OH is 1. The molecule has 1 unspecified atom stereocenters. The Hall–Kier alpha value is -4.05. The molecule has 1 aliphatic rings. The Morgan fingerprint density at radius 3 is 2.67 bits per heavy atom. The van der Waals surface area contributed by atoms with Crippen molar-refractivity contribution in [1.29, 1.82) is 0 Å². The van der Waals surface area contributed by atoms with Crippen LogP contribution in [0.2, 0.25) is 0 Å². The quantitative estimate of drug-likeness (QED) is 0.282. The number of amides is 1. The molecule has 33 heavy (non-hydrogen) atoms. The molecule has 0 spiro atoms.